The first kappa shape index (κ1) is 21.3. The van der Waals surface area contributed by atoms with Gasteiger partial charge in [0.2, 0.25) is 11.8 Å². The minimum atomic E-state index is 0.186. The standard InChI is InChI=1S/C10H12N6OS.C4H6.C2H6/c1-3-6(17-2)8-14-9-5(7(11)18)4-13-10(12)16(9)15-8;1-3-4-2;1-2/h3-4H,1-2H3,(H2,11,18)(H2,12,13);3-4H,1-2H2;1-2H3/b6-3-;;. The Balaban J connectivity index is 0.000000773. The van der Waals surface area contributed by atoms with Crippen LogP contribution in [0.2, 0.25) is 0 Å². The van der Waals surface area contributed by atoms with Gasteiger partial charge in [-0.1, -0.05) is 51.4 Å². The monoisotopic (exact) mass is 348 g/mol. The highest BCUT2D eigenvalue weighted by Crippen LogP contribution is 2.16. The van der Waals surface area contributed by atoms with Crippen LogP contribution in [0.1, 0.15) is 32.2 Å². The molecule has 7 nitrogen and oxygen atoms in total. The first-order valence-electron chi connectivity index (χ1n) is 7.25. The van der Waals surface area contributed by atoms with Gasteiger partial charge in [-0.15, -0.1) is 5.10 Å². The van der Waals surface area contributed by atoms with Crippen molar-refractivity contribution < 1.29 is 4.74 Å². The molecular weight excluding hydrogens is 324 g/mol. The van der Waals surface area contributed by atoms with Gasteiger partial charge >= 0.3 is 0 Å². The van der Waals surface area contributed by atoms with Gasteiger partial charge in [-0.3, -0.25) is 0 Å². The summed E-state index contributed by atoms with van der Waals surface area (Å²) in [6.07, 6.45) is 6.51. The molecule has 0 bridgehead atoms. The van der Waals surface area contributed by atoms with Crippen LogP contribution in [0, 0.1) is 0 Å². The lowest BCUT2D eigenvalue weighted by atomic mass is 10.3. The van der Waals surface area contributed by atoms with E-state index in [1.165, 1.54) is 17.8 Å². The van der Waals surface area contributed by atoms with E-state index in [-0.39, 0.29) is 10.9 Å². The molecule has 0 saturated carbocycles. The van der Waals surface area contributed by atoms with Crippen LogP contribution in [0.3, 0.4) is 0 Å². The zero-order chi connectivity index (χ0) is 18.7. The second-order valence-corrected chi connectivity index (χ2v) is 4.33. The van der Waals surface area contributed by atoms with E-state index in [2.05, 4.69) is 28.2 Å². The number of ether oxygens (including phenoxy) is 1. The smallest absolute Gasteiger partial charge is 0.223 e. The highest BCUT2D eigenvalue weighted by molar-refractivity contribution is 7.80. The SMILES string of the molecule is C/C=C(\OC)c1nc2c(C(N)=S)cnc(N)n2n1.C=CC=C.CC. The number of allylic oxidation sites excluding steroid dienone is 3. The molecule has 0 radical (unpaired) electrons. The predicted octanol–water partition coefficient (Wildman–Crippen LogP) is 2.73. The van der Waals surface area contributed by atoms with Gasteiger partial charge in [0.05, 0.1) is 12.7 Å². The molecule has 0 aliphatic carbocycles. The third-order valence-electron chi connectivity index (χ3n) is 2.53. The largest absolute Gasteiger partial charge is 0.493 e. The third kappa shape index (κ3) is 5.17. The van der Waals surface area contributed by atoms with E-state index in [4.69, 9.17) is 28.4 Å². The summed E-state index contributed by atoms with van der Waals surface area (Å²) >= 11 is 4.93. The Morgan fingerprint density at radius 1 is 1.33 bits per heavy atom. The summed E-state index contributed by atoms with van der Waals surface area (Å²) in [5.74, 6) is 1.14. The topological polar surface area (TPSA) is 104 Å². The van der Waals surface area contributed by atoms with Crippen molar-refractivity contribution in [3.8, 4) is 0 Å². The summed E-state index contributed by atoms with van der Waals surface area (Å²) in [5, 5.41) is 4.21. The third-order valence-corrected chi connectivity index (χ3v) is 2.75. The van der Waals surface area contributed by atoms with Gasteiger partial charge in [0.25, 0.3) is 0 Å². The van der Waals surface area contributed by atoms with Crippen LogP contribution >= 0.6 is 12.2 Å². The van der Waals surface area contributed by atoms with E-state index in [1.807, 2.05) is 20.8 Å². The van der Waals surface area contributed by atoms with E-state index in [9.17, 15) is 0 Å². The lowest BCUT2D eigenvalue weighted by molar-refractivity contribution is 0.365. The summed E-state index contributed by atoms with van der Waals surface area (Å²) in [5.41, 5.74) is 12.3. The molecular formula is C16H24N6OS. The Hall–Kier alpha value is -2.74. The first-order valence-corrected chi connectivity index (χ1v) is 7.66. The summed E-state index contributed by atoms with van der Waals surface area (Å²) in [7, 11) is 1.54. The molecule has 0 aliphatic rings. The van der Waals surface area contributed by atoms with Gasteiger partial charge in [-0.2, -0.15) is 4.52 Å². The van der Waals surface area contributed by atoms with Crippen LogP contribution in [0.25, 0.3) is 11.4 Å². The van der Waals surface area contributed by atoms with Crippen LogP contribution in [-0.2, 0) is 4.74 Å². The zero-order valence-electron chi connectivity index (χ0n) is 14.5. The Labute approximate surface area is 147 Å². The van der Waals surface area contributed by atoms with Crippen molar-refractivity contribution in [1.29, 1.82) is 0 Å². The average molecular weight is 348 g/mol. The van der Waals surface area contributed by atoms with E-state index >= 15 is 0 Å². The predicted molar refractivity (Wildman–Crippen MR) is 103 cm³/mol. The summed E-state index contributed by atoms with van der Waals surface area (Å²) in [6.45, 7) is 12.5. The molecule has 0 unspecified atom stereocenters. The molecule has 0 aromatic carbocycles. The number of fused-ring (bicyclic) bond motifs is 1. The number of nitrogens with zero attached hydrogens (tertiary/aromatic N) is 4. The number of aromatic nitrogens is 4. The van der Waals surface area contributed by atoms with Crippen molar-refractivity contribution in [2.75, 3.05) is 12.8 Å². The van der Waals surface area contributed by atoms with E-state index in [1.54, 1.807) is 18.2 Å². The van der Waals surface area contributed by atoms with Gasteiger partial charge in [0.1, 0.15) is 4.99 Å². The number of hydrogen-bond donors (Lipinski definition) is 2. The Morgan fingerprint density at radius 3 is 2.33 bits per heavy atom. The quantitative estimate of drug-likeness (QED) is 0.497. The molecule has 0 aliphatic heterocycles. The number of nitrogens with two attached hydrogens (primary N) is 2. The van der Waals surface area contributed by atoms with E-state index < -0.39 is 0 Å². The molecule has 0 fully saturated rings. The molecule has 4 N–H and O–H groups in total. The number of thiocarbonyl (C=S) groups is 1. The number of methoxy groups -OCH3 is 1. The van der Waals surface area contributed by atoms with Gasteiger partial charge in [0.15, 0.2) is 11.4 Å². The zero-order valence-corrected chi connectivity index (χ0v) is 15.3. The fraction of sp³-hybridized carbons (Fsp3) is 0.250. The van der Waals surface area contributed by atoms with Crippen LogP contribution in [-0.4, -0.2) is 31.7 Å². The van der Waals surface area contributed by atoms with Gasteiger partial charge in [-0.25, -0.2) is 9.97 Å². The second-order valence-electron chi connectivity index (χ2n) is 3.89. The highest BCUT2D eigenvalue weighted by Gasteiger charge is 2.15. The molecule has 2 heterocycles. The Kier molecular flexibility index (Phi) is 9.65. The van der Waals surface area contributed by atoms with Crippen molar-refractivity contribution in [2.24, 2.45) is 5.73 Å². The summed E-state index contributed by atoms with van der Waals surface area (Å²) in [4.78, 5) is 8.46. The summed E-state index contributed by atoms with van der Waals surface area (Å²) in [6, 6.07) is 0. The molecule has 8 heteroatoms. The molecule has 0 atom stereocenters. The van der Waals surface area contributed by atoms with Crippen molar-refractivity contribution >= 4 is 34.6 Å². The average Bonchev–Trinajstić information content (AvgIpc) is 3.04. The van der Waals surface area contributed by atoms with Crippen molar-refractivity contribution in [2.45, 2.75) is 20.8 Å². The minimum absolute atomic E-state index is 0.186. The fourth-order valence-corrected chi connectivity index (χ4v) is 1.65. The highest BCUT2D eigenvalue weighted by atomic mass is 32.1. The van der Waals surface area contributed by atoms with Crippen LogP contribution in [0.5, 0.6) is 0 Å². The van der Waals surface area contributed by atoms with E-state index in [0.29, 0.717) is 22.8 Å². The summed E-state index contributed by atoms with van der Waals surface area (Å²) < 4.78 is 6.53. The maximum absolute atomic E-state index is 5.73. The minimum Gasteiger partial charge on any atom is -0.493 e. The van der Waals surface area contributed by atoms with Crippen LogP contribution in [0.4, 0.5) is 5.95 Å². The molecule has 0 spiro atoms. The van der Waals surface area contributed by atoms with Crippen molar-refractivity contribution in [3.05, 3.63) is 49.0 Å². The van der Waals surface area contributed by atoms with Crippen LogP contribution in [0.15, 0.2) is 37.6 Å². The van der Waals surface area contributed by atoms with E-state index in [0.717, 1.165) is 0 Å². The number of nitrogen functional groups attached to an aromatic ring is 1. The molecule has 0 saturated heterocycles. The van der Waals surface area contributed by atoms with Crippen molar-refractivity contribution in [3.63, 3.8) is 0 Å². The number of hydrogen-bond acceptors (Lipinski definition) is 6. The second kappa shape index (κ2) is 10.9. The molecule has 2 rings (SSSR count). The lowest BCUT2D eigenvalue weighted by Crippen LogP contribution is -2.13. The molecule has 2 aromatic heterocycles. The molecule has 0 amide bonds. The first-order chi connectivity index (χ1) is 11.5. The fourth-order valence-electron chi connectivity index (χ4n) is 1.51. The maximum atomic E-state index is 5.73. The number of rotatable bonds is 4. The molecule has 2 aromatic rings. The lowest BCUT2D eigenvalue weighted by Gasteiger charge is -2.00. The van der Waals surface area contributed by atoms with Gasteiger partial charge < -0.3 is 16.2 Å². The van der Waals surface area contributed by atoms with Crippen LogP contribution < -0.4 is 11.5 Å². The molecule has 24 heavy (non-hydrogen) atoms. The maximum Gasteiger partial charge on any atom is 0.223 e. The Morgan fingerprint density at radius 2 is 1.92 bits per heavy atom. The Bertz CT molecular complexity index is 729. The normalized spacial score (nSPS) is 9.92. The van der Waals surface area contributed by atoms with Gasteiger partial charge in [0, 0.05) is 6.20 Å². The molecule has 130 valence electrons. The number of anilines is 1. The van der Waals surface area contributed by atoms with Gasteiger partial charge in [-0.05, 0) is 13.0 Å². The van der Waals surface area contributed by atoms with Crippen molar-refractivity contribution in [1.82, 2.24) is 19.6 Å².